The summed E-state index contributed by atoms with van der Waals surface area (Å²) < 4.78 is 4.70. The summed E-state index contributed by atoms with van der Waals surface area (Å²) in [5.41, 5.74) is 0. The second-order valence-electron chi connectivity index (χ2n) is 6.09. The molecule has 0 aromatic carbocycles. The highest BCUT2D eigenvalue weighted by Crippen LogP contribution is 2.18. The molecular weight excluding hydrogens is 284 g/mol. The lowest BCUT2D eigenvalue weighted by molar-refractivity contribution is -0.139. The lowest BCUT2D eigenvalue weighted by Gasteiger charge is -2.23. The Bertz CT molecular complexity index is 420. The molecule has 0 bridgehead atoms. The van der Waals surface area contributed by atoms with Crippen LogP contribution in [-0.4, -0.2) is 44.7 Å². The Morgan fingerprint density at radius 3 is 2.57 bits per heavy atom. The van der Waals surface area contributed by atoms with Crippen molar-refractivity contribution in [1.82, 2.24) is 10.2 Å². The van der Waals surface area contributed by atoms with Crippen molar-refractivity contribution >= 4 is 17.3 Å². The number of methoxy groups -OCH3 is 1. The number of ether oxygens (including phenoxy) is 1. The molecule has 1 unspecified atom stereocenters. The van der Waals surface area contributed by atoms with Crippen LogP contribution in [0.4, 0.5) is 0 Å². The van der Waals surface area contributed by atoms with Crippen molar-refractivity contribution in [2.24, 2.45) is 5.92 Å². The molecule has 0 saturated heterocycles. The van der Waals surface area contributed by atoms with E-state index in [0.29, 0.717) is 18.4 Å². The van der Waals surface area contributed by atoms with Gasteiger partial charge in [-0.05, 0) is 38.6 Å². The van der Waals surface area contributed by atoms with Gasteiger partial charge in [-0.15, -0.1) is 11.3 Å². The average molecular weight is 312 g/mol. The van der Waals surface area contributed by atoms with E-state index in [-0.39, 0.29) is 5.97 Å². The molecule has 1 aromatic heterocycles. The first-order valence-electron chi connectivity index (χ1n) is 7.43. The van der Waals surface area contributed by atoms with Gasteiger partial charge in [-0.3, -0.25) is 4.79 Å². The largest absolute Gasteiger partial charge is 0.469 e. The molecule has 0 radical (unpaired) electrons. The molecule has 0 fully saturated rings. The minimum absolute atomic E-state index is 0.179. The zero-order valence-electron chi connectivity index (χ0n) is 13.8. The smallest absolute Gasteiger partial charge is 0.310 e. The molecule has 1 N–H and O–H groups in total. The molecule has 0 saturated carbocycles. The van der Waals surface area contributed by atoms with Crippen LogP contribution in [0.3, 0.4) is 0 Å². The standard InChI is InChI=1S/C16H28N2O2S/c1-12(2)8-13(11-18(3)4)17-10-15-7-6-14(21-15)9-16(19)20-5/h6-7,12-13,17H,8-11H2,1-5H3. The van der Waals surface area contributed by atoms with Crippen molar-refractivity contribution in [3.05, 3.63) is 21.9 Å². The van der Waals surface area contributed by atoms with E-state index in [1.54, 1.807) is 11.3 Å². The summed E-state index contributed by atoms with van der Waals surface area (Å²) in [6.45, 7) is 6.41. The van der Waals surface area contributed by atoms with Crippen molar-refractivity contribution in [3.63, 3.8) is 0 Å². The Balaban J connectivity index is 2.49. The van der Waals surface area contributed by atoms with E-state index in [1.807, 2.05) is 6.07 Å². The van der Waals surface area contributed by atoms with E-state index in [4.69, 9.17) is 4.74 Å². The molecule has 1 rings (SSSR count). The molecule has 5 heteroatoms. The Morgan fingerprint density at radius 1 is 1.33 bits per heavy atom. The van der Waals surface area contributed by atoms with Gasteiger partial charge in [0, 0.05) is 28.9 Å². The third-order valence-corrected chi connectivity index (χ3v) is 4.26. The monoisotopic (exact) mass is 312 g/mol. The summed E-state index contributed by atoms with van der Waals surface area (Å²) in [6, 6.07) is 4.60. The molecule has 0 aliphatic rings. The maximum atomic E-state index is 11.3. The van der Waals surface area contributed by atoms with Gasteiger partial charge in [0.05, 0.1) is 13.5 Å². The van der Waals surface area contributed by atoms with Gasteiger partial charge in [0.1, 0.15) is 0 Å². The number of nitrogens with one attached hydrogen (secondary N) is 1. The Kier molecular flexibility index (Phi) is 7.93. The first-order chi connectivity index (χ1) is 9.90. The van der Waals surface area contributed by atoms with Gasteiger partial charge < -0.3 is 15.0 Å². The van der Waals surface area contributed by atoms with Gasteiger partial charge in [0.2, 0.25) is 0 Å². The highest BCUT2D eigenvalue weighted by Gasteiger charge is 2.12. The van der Waals surface area contributed by atoms with Crippen molar-refractivity contribution in [2.75, 3.05) is 27.7 Å². The fourth-order valence-electron chi connectivity index (χ4n) is 2.30. The van der Waals surface area contributed by atoms with Crippen LogP contribution >= 0.6 is 11.3 Å². The predicted octanol–water partition coefficient (Wildman–Crippen LogP) is 2.53. The van der Waals surface area contributed by atoms with Crippen LogP contribution in [-0.2, 0) is 22.5 Å². The van der Waals surface area contributed by atoms with Crippen molar-refractivity contribution < 1.29 is 9.53 Å². The third kappa shape index (κ3) is 7.60. The lowest BCUT2D eigenvalue weighted by Crippen LogP contribution is -2.38. The van der Waals surface area contributed by atoms with Crippen LogP contribution in [0.5, 0.6) is 0 Å². The lowest BCUT2D eigenvalue weighted by atomic mass is 10.0. The first kappa shape index (κ1) is 18.1. The molecule has 0 amide bonds. The Morgan fingerprint density at radius 2 is 2.00 bits per heavy atom. The maximum absolute atomic E-state index is 11.3. The molecule has 4 nitrogen and oxygen atoms in total. The van der Waals surface area contributed by atoms with Crippen molar-refractivity contribution in [2.45, 2.75) is 39.3 Å². The Hall–Kier alpha value is -0.910. The van der Waals surface area contributed by atoms with E-state index in [0.717, 1.165) is 18.0 Å². The van der Waals surface area contributed by atoms with Crippen LogP contribution < -0.4 is 5.32 Å². The van der Waals surface area contributed by atoms with Crippen LogP contribution in [0.25, 0.3) is 0 Å². The molecule has 1 atom stereocenters. The van der Waals surface area contributed by atoms with Gasteiger partial charge in [-0.2, -0.15) is 0 Å². The molecule has 0 aliphatic heterocycles. The van der Waals surface area contributed by atoms with Crippen molar-refractivity contribution in [3.8, 4) is 0 Å². The summed E-state index contributed by atoms with van der Waals surface area (Å²) in [5.74, 6) is 0.502. The minimum atomic E-state index is -0.179. The number of carbonyl (C=O) groups excluding carboxylic acids is 1. The van der Waals surface area contributed by atoms with E-state index >= 15 is 0 Å². The number of hydrogen-bond acceptors (Lipinski definition) is 5. The van der Waals surface area contributed by atoms with Crippen LogP contribution in [0, 0.1) is 5.92 Å². The van der Waals surface area contributed by atoms with Gasteiger partial charge >= 0.3 is 5.97 Å². The minimum Gasteiger partial charge on any atom is -0.469 e. The second kappa shape index (κ2) is 9.18. The fourth-order valence-corrected chi connectivity index (χ4v) is 3.26. The zero-order chi connectivity index (χ0) is 15.8. The first-order valence-corrected chi connectivity index (χ1v) is 8.24. The molecular formula is C16H28N2O2S. The number of nitrogens with zero attached hydrogens (tertiary/aromatic N) is 1. The quantitative estimate of drug-likeness (QED) is 0.712. The topological polar surface area (TPSA) is 41.6 Å². The van der Waals surface area contributed by atoms with Crippen LogP contribution in [0.1, 0.15) is 30.0 Å². The number of hydrogen-bond donors (Lipinski definition) is 1. The normalized spacial score (nSPS) is 12.9. The molecule has 0 spiro atoms. The van der Waals surface area contributed by atoms with Crippen LogP contribution in [0.2, 0.25) is 0 Å². The summed E-state index contributed by atoms with van der Waals surface area (Å²) in [4.78, 5) is 15.8. The summed E-state index contributed by atoms with van der Waals surface area (Å²) >= 11 is 1.68. The van der Waals surface area contributed by atoms with E-state index in [9.17, 15) is 4.79 Å². The molecule has 21 heavy (non-hydrogen) atoms. The Labute approximate surface area is 132 Å². The predicted molar refractivity (Wildman–Crippen MR) is 88.7 cm³/mol. The number of esters is 1. The van der Waals surface area contributed by atoms with Gasteiger partial charge in [-0.25, -0.2) is 0 Å². The average Bonchev–Trinajstić information content (AvgIpc) is 2.82. The van der Waals surface area contributed by atoms with Gasteiger partial charge in [0.15, 0.2) is 0 Å². The molecule has 1 aromatic rings. The van der Waals surface area contributed by atoms with Gasteiger partial charge in [0.25, 0.3) is 0 Å². The third-order valence-electron chi connectivity index (χ3n) is 3.17. The van der Waals surface area contributed by atoms with E-state index in [2.05, 4.69) is 44.2 Å². The van der Waals surface area contributed by atoms with E-state index in [1.165, 1.54) is 18.4 Å². The zero-order valence-corrected chi connectivity index (χ0v) is 14.6. The number of likely N-dealkylation sites (N-methyl/N-ethyl adjacent to an activating group) is 1. The molecule has 120 valence electrons. The fraction of sp³-hybridized carbons (Fsp3) is 0.688. The van der Waals surface area contributed by atoms with Crippen molar-refractivity contribution in [1.29, 1.82) is 0 Å². The number of thiophene rings is 1. The van der Waals surface area contributed by atoms with Gasteiger partial charge in [-0.1, -0.05) is 13.8 Å². The van der Waals surface area contributed by atoms with E-state index < -0.39 is 0 Å². The summed E-state index contributed by atoms with van der Waals surface area (Å²) in [5, 5.41) is 3.63. The van der Waals surface area contributed by atoms with Crippen LogP contribution in [0.15, 0.2) is 12.1 Å². The summed E-state index contributed by atoms with van der Waals surface area (Å²) in [7, 11) is 5.64. The molecule has 0 aliphatic carbocycles. The maximum Gasteiger partial charge on any atom is 0.310 e. The SMILES string of the molecule is COC(=O)Cc1ccc(CNC(CC(C)C)CN(C)C)s1. The highest BCUT2D eigenvalue weighted by molar-refractivity contribution is 7.12. The number of rotatable bonds is 9. The number of carbonyl (C=O) groups is 1. The summed E-state index contributed by atoms with van der Waals surface area (Å²) in [6.07, 6.45) is 1.53. The second-order valence-corrected chi connectivity index (χ2v) is 7.34. The molecule has 1 heterocycles. The highest BCUT2D eigenvalue weighted by atomic mass is 32.1.